The van der Waals surface area contributed by atoms with E-state index in [0.717, 1.165) is 39.1 Å². The minimum atomic E-state index is -1.15. The topological polar surface area (TPSA) is 130 Å². The van der Waals surface area contributed by atoms with Crippen molar-refractivity contribution in [1.29, 1.82) is 0 Å². The van der Waals surface area contributed by atoms with Gasteiger partial charge in [-0.1, -0.05) is 102 Å². The summed E-state index contributed by atoms with van der Waals surface area (Å²) in [6.07, 6.45) is 1.20. The Morgan fingerprint density at radius 2 is 1.63 bits per heavy atom. The second-order valence-electron chi connectivity index (χ2n) is 14.8. The third-order valence-corrected chi connectivity index (χ3v) is 11.4. The number of amides is 2. The molecule has 59 heavy (non-hydrogen) atoms. The average Bonchev–Trinajstić information content (AvgIpc) is 3.24. The number of carbonyl (C=O) groups is 3. The molecule has 12 heteroatoms. The molecule has 8 rings (SSSR count). The van der Waals surface area contributed by atoms with Crippen LogP contribution in [-0.4, -0.2) is 44.9 Å². The maximum absolute atomic E-state index is 14.1. The predicted molar refractivity (Wildman–Crippen MR) is 227 cm³/mol. The number of rotatable bonds is 12. The van der Waals surface area contributed by atoms with E-state index in [2.05, 4.69) is 39.9 Å². The lowest BCUT2D eigenvalue weighted by Crippen LogP contribution is -2.54. The second kappa shape index (κ2) is 17.3. The predicted octanol–water partition coefficient (Wildman–Crippen LogP) is 8.75. The van der Waals surface area contributed by atoms with E-state index in [9.17, 15) is 19.5 Å². The van der Waals surface area contributed by atoms with Gasteiger partial charge in [0.1, 0.15) is 24.1 Å². The maximum Gasteiger partial charge on any atom is 0.326 e. The molecule has 0 fully saturated rings. The highest BCUT2D eigenvalue weighted by atomic mass is 35.5. The first-order chi connectivity index (χ1) is 28.6. The average molecular weight is 828 g/mol. The van der Waals surface area contributed by atoms with E-state index in [4.69, 9.17) is 32.7 Å². The molecule has 1 unspecified atom stereocenters. The van der Waals surface area contributed by atoms with Crippen LogP contribution in [-0.2, 0) is 46.9 Å². The summed E-state index contributed by atoms with van der Waals surface area (Å²) in [5.41, 5.74) is 8.61. The van der Waals surface area contributed by atoms with Gasteiger partial charge in [0.2, 0.25) is 12.0 Å². The van der Waals surface area contributed by atoms with Gasteiger partial charge in [-0.05, 0) is 95.3 Å². The number of hydrogen-bond acceptors (Lipinski definition) is 7. The molecule has 0 aliphatic carbocycles. The largest absolute Gasteiger partial charge is 0.489 e. The van der Waals surface area contributed by atoms with Crippen molar-refractivity contribution in [1.82, 2.24) is 15.2 Å². The summed E-state index contributed by atoms with van der Waals surface area (Å²) < 4.78 is 12.3. The molecule has 2 aliphatic rings. The van der Waals surface area contributed by atoms with Crippen LogP contribution in [0.1, 0.15) is 45.2 Å². The third-order valence-electron chi connectivity index (χ3n) is 10.6. The Balaban J connectivity index is 0.975. The number of nitrogens with one attached hydrogen (secondary N) is 2. The van der Waals surface area contributed by atoms with Crippen LogP contribution in [0.5, 0.6) is 11.5 Å². The molecule has 0 spiro atoms. The summed E-state index contributed by atoms with van der Waals surface area (Å²) in [7, 11) is 0. The standard InChI is InChI=1S/C47H40Cl2N4O6/c1-28-5-10-31(11-6-28)32-12-7-29(8-13-32)21-41(47(56)57)52-45(54)42-23-34-22-40-43(24-35(34)25-53(42)26-36-4-2-3-19-50-36)59-44(46(55)51-40)33-14-16-37(17-15-33)58-27-30-9-18-38(48)39(49)20-30/h2-20,22,24,41-42,44H,21,23,25-27H2,1H3,(H,51,55)(H,52,54)(H,56,57)/t41-,42?,44-/m0/s1. The van der Waals surface area contributed by atoms with Gasteiger partial charge in [-0.3, -0.25) is 19.5 Å². The number of nitrogens with zero attached hydrogens (tertiary/aromatic N) is 2. The van der Waals surface area contributed by atoms with Crippen LogP contribution >= 0.6 is 23.2 Å². The molecular weight excluding hydrogens is 787 g/mol. The van der Waals surface area contributed by atoms with Crippen molar-refractivity contribution in [2.24, 2.45) is 0 Å². The van der Waals surface area contributed by atoms with E-state index in [1.807, 2.05) is 72.5 Å². The zero-order valence-electron chi connectivity index (χ0n) is 32.0. The van der Waals surface area contributed by atoms with Gasteiger partial charge in [0, 0.05) is 31.3 Å². The zero-order valence-corrected chi connectivity index (χ0v) is 33.5. The molecule has 2 amide bonds. The smallest absolute Gasteiger partial charge is 0.326 e. The van der Waals surface area contributed by atoms with E-state index in [-0.39, 0.29) is 18.7 Å². The van der Waals surface area contributed by atoms with Crippen LogP contribution in [0.3, 0.4) is 0 Å². The van der Waals surface area contributed by atoms with Gasteiger partial charge in [0.15, 0.2) is 0 Å². The van der Waals surface area contributed by atoms with Crippen molar-refractivity contribution in [3.05, 3.63) is 177 Å². The summed E-state index contributed by atoms with van der Waals surface area (Å²) in [6, 6.07) is 35.9. The van der Waals surface area contributed by atoms with E-state index >= 15 is 0 Å². The molecule has 3 atom stereocenters. The number of fused-ring (bicyclic) bond motifs is 2. The van der Waals surface area contributed by atoms with Crippen molar-refractivity contribution in [3.8, 4) is 22.6 Å². The lowest BCUT2D eigenvalue weighted by molar-refractivity contribution is -0.142. The Hall–Kier alpha value is -6.20. The summed E-state index contributed by atoms with van der Waals surface area (Å²) in [4.78, 5) is 46.6. The first-order valence-corrected chi connectivity index (χ1v) is 19.9. The normalized spacial score (nSPS) is 16.5. The number of aryl methyl sites for hydroxylation is 1. The SMILES string of the molecule is Cc1ccc(-c2ccc(C[C@H](NC(=O)C3Cc4cc5c(cc4CN3Cc3ccccn3)O[C@@H](c3ccc(OCc4ccc(Cl)c(Cl)c4)cc3)C(=O)N5)C(=O)O)cc2)cc1. The summed E-state index contributed by atoms with van der Waals surface area (Å²) >= 11 is 12.2. The lowest BCUT2D eigenvalue weighted by atomic mass is 9.91. The van der Waals surface area contributed by atoms with E-state index < -0.39 is 30.1 Å². The molecule has 0 saturated heterocycles. The zero-order chi connectivity index (χ0) is 41.0. The fourth-order valence-electron chi connectivity index (χ4n) is 7.41. The number of pyridine rings is 1. The maximum atomic E-state index is 14.1. The molecule has 6 aromatic rings. The van der Waals surface area contributed by atoms with Gasteiger partial charge in [0.25, 0.3) is 5.91 Å². The van der Waals surface area contributed by atoms with Crippen molar-refractivity contribution >= 4 is 46.7 Å². The highest BCUT2D eigenvalue weighted by molar-refractivity contribution is 6.42. The lowest BCUT2D eigenvalue weighted by Gasteiger charge is -2.37. The van der Waals surface area contributed by atoms with Gasteiger partial charge in [-0.25, -0.2) is 4.79 Å². The molecule has 2 aliphatic heterocycles. The van der Waals surface area contributed by atoms with Crippen molar-refractivity contribution in [3.63, 3.8) is 0 Å². The summed E-state index contributed by atoms with van der Waals surface area (Å²) in [6.45, 7) is 3.05. The number of carbonyl (C=O) groups excluding carboxylic acids is 2. The number of carboxylic acid groups (broad SMARTS) is 1. The quantitative estimate of drug-likeness (QED) is 0.112. The molecule has 0 bridgehead atoms. The Bertz CT molecular complexity index is 2500. The number of ether oxygens (including phenoxy) is 2. The number of anilines is 1. The molecule has 298 valence electrons. The highest BCUT2D eigenvalue weighted by Crippen LogP contribution is 2.40. The van der Waals surface area contributed by atoms with E-state index in [0.29, 0.717) is 52.5 Å². The van der Waals surface area contributed by atoms with Gasteiger partial charge >= 0.3 is 5.97 Å². The van der Waals surface area contributed by atoms with Crippen molar-refractivity contribution < 1.29 is 29.0 Å². The first-order valence-electron chi connectivity index (χ1n) is 19.2. The molecule has 10 nitrogen and oxygen atoms in total. The van der Waals surface area contributed by atoms with Gasteiger partial charge in [-0.2, -0.15) is 0 Å². The second-order valence-corrected chi connectivity index (χ2v) is 15.6. The Morgan fingerprint density at radius 1 is 0.898 bits per heavy atom. The van der Waals surface area contributed by atoms with Crippen molar-refractivity contribution in [2.45, 2.75) is 57.6 Å². The molecule has 3 heterocycles. The first kappa shape index (κ1) is 39.6. The van der Waals surface area contributed by atoms with Gasteiger partial charge in [0.05, 0.1) is 27.5 Å². The number of carboxylic acids is 1. The minimum Gasteiger partial charge on any atom is -0.489 e. The molecule has 0 saturated carbocycles. The van der Waals surface area contributed by atoms with Crippen LogP contribution in [0, 0.1) is 6.92 Å². The fraction of sp³-hybridized carbons (Fsp3) is 0.191. The molecule has 0 radical (unpaired) electrons. The van der Waals surface area contributed by atoms with Crippen LogP contribution in [0.2, 0.25) is 10.0 Å². The molecule has 3 N–H and O–H groups in total. The van der Waals surface area contributed by atoms with E-state index in [1.54, 1.807) is 42.6 Å². The number of aromatic nitrogens is 1. The Morgan fingerprint density at radius 3 is 2.32 bits per heavy atom. The van der Waals surface area contributed by atoms with Crippen LogP contribution < -0.4 is 20.1 Å². The minimum absolute atomic E-state index is 0.116. The summed E-state index contributed by atoms with van der Waals surface area (Å²) in [5.74, 6) is -0.743. The monoisotopic (exact) mass is 826 g/mol. The number of halogens is 2. The Labute approximate surface area is 351 Å². The van der Waals surface area contributed by atoms with Crippen LogP contribution in [0.15, 0.2) is 128 Å². The third kappa shape index (κ3) is 9.26. The highest BCUT2D eigenvalue weighted by Gasteiger charge is 2.37. The number of benzene rings is 5. The van der Waals surface area contributed by atoms with Crippen LogP contribution in [0.4, 0.5) is 5.69 Å². The van der Waals surface area contributed by atoms with Gasteiger partial charge in [-0.15, -0.1) is 0 Å². The Kier molecular flexibility index (Phi) is 11.6. The molecule has 1 aromatic heterocycles. The van der Waals surface area contributed by atoms with E-state index in [1.165, 1.54) is 5.56 Å². The number of aliphatic carboxylic acids is 1. The van der Waals surface area contributed by atoms with Crippen LogP contribution in [0.25, 0.3) is 11.1 Å². The molecular formula is C47H40Cl2N4O6. The summed E-state index contributed by atoms with van der Waals surface area (Å²) in [5, 5.41) is 17.0. The number of hydrogen-bond donors (Lipinski definition) is 3. The van der Waals surface area contributed by atoms with Gasteiger partial charge < -0.3 is 25.2 Å². The molecule has 5 aromatic carbocycles. The van der Waals surface area contributed by atoms with Crippen molar-refractivity contribution in [2.75, 3.05) is 5.32 Å². The fourth-order valence-corrected chi connectivity index (χ4v) is 7.73.